The fourth-order valence-corrected chi connectivity index (χ4v) is 3.63. The van der Waals surface area contributed by atoms with Crippen molar-refractivity contribution in [2.24, 2.45) is 5.41 Å². The molecule has 1 fully saturated rings. The maximum Gasteiger partial charge on any atom is 0.240 e. The van der Waals surface area contributed by atoms with Gasteiger partial charge in [0.05, 0.1) is 0 Å². The molecule has 0 saturated heterocycles. The first-order valence-electron chi connectivity index (χ1n) is 10.5. The summed E-state index contributed by atoms with van der Waals surface area (Å²) < 4.78 is 0. The minimum absolute atomic E-state index is 0.220. The van der Waals surface area contributed by atoms with Crippen molar-refractivity contribution in [2.45, 2.75) is 46.5 Å². The molecule has 0 bridgehead atoms. The highest BCUT2D eigenvalue weighted by atomic mass is 16.2. The van der Waals surface area contributed by atoms with Gasteiger partial charge < -0.3 is 15.5 Å². The molecule has 1 saturated carbocycles. The lowest BCUT2D eigenvalue weighted by atomic mass is 9.99. The largest absolute Gasteiger partial charge is 0.372 e. The Balaban J connectivity index is 1.69. The van der Waals surface area contributed by atoms with Crippen molar-refractivity contribution in [2.75, 3.05) is 28.6 Å². The van der Waals surface area contributed by atoms with E-state index in [0.29, 0.717) is 24.4 Å². The maximum atomic E-state index is 12.9. The van der Waals surface area contributed by atoms with Crippen LogP contribution in [0.1, 0.15) is 52.0 Å². The van der Waals surface area contributed by atoms with Crippen LogP contribution in [-0.4, -0.2) is 24.9 Å². The van der Waals surface area contributed by atoms with Gasteiger partial charge in [0.2, 0.25) is 11.8 Å². The zero-order valence-corrected chi connectivity index (χ0v) is 17.8. The van der Waals surface area contributed by atoms with E-state index in [1.165, 1.54) is 0 Å². The maximum absolute atomic E-state index is 12.9. The lowest BCUT2D eigenvalue weighted by molar-refractivity contribution is -0.131. The molecule has 2 N–H and O–H groups in total. The van der Waals surface area contributed by atoms with Gasteiger partial charge in [0.15, 0.2) is 0 Å². The molecule has 0 unspecified atom stereocenters. The third-order valence-electron chi connectivity index (χ3n) is 5.70. The van der Waals surface area contributed by atoms with Crippen molar-refractivity contribution in [1.82, 2.24) is 0 Å². The summed E-state index contributed by atoms with van der Waals surface area (Å²) in [6, 6.07) is 15.6. The Morgan fingerprint density at radius 2 is 1.52 bits per heavy atom. The second-order valence-electron chi connectivity index (χ2n) is 7.95. The number of hydrogen-bond donors (Lipinski definition) is 2. The molecule has 2 aromatic carbocycles. The number of hydrogen-bond acceptors (Lipinski definition) is 3. The Morgan fingerprint density at radius 1 is 0.931 bits per heavy atom. The first kappa shape index (κ1) is 20.9. The number of carbonyl (C=O) groups excluding carboxylic acids is 2. The number of nitrogens with one attached hydrogen (secondary N) is 2. The van der Waals surface area contributed by atoms with Gasteiger partial charge in [-0.2, -0.15) is 0 Å². The molecule has 0 radical (unpaired) electrons. The number of rotatable bonds is 8. The number of anilines is 3. The molecule has 0 aliphatic heterocycles. The SMILES string of the molecule is CCN(CC)c1ccc(NC(=O)C2(C(=O)Nc3ccccc3C(C)C)CC2)cc1. The second kappa shape index (κ2) is 8.68. The van der Waals surface area contributed by atoms with Crippen molar-refractivity contribution in [3.05, 3.63) is 54.1 Å². The summed E-state index contributed by atoms with van der Waals surface area (Å²) in [6.45, 7) is 10.3. The second-order valence-corrected chi connectivity index (χ2v) is 7.95. The van der Waals surface area contributed by atoms with Gasteiger partial charge >= 0.3 is 0 Å². The summed E-state index contributed by atoms with van der Waals surface area (Å²) >= 11 is 0. The Kier molecular flexibility index (Phi) is 6.26. The van der Waals surface area contributed by atoms with Crippen LogP contribution in [0.15, 0.2) is 48.5 Å². The summed E-state index contributed by atoms with van der Waals surface area (Å²) in [5, 5.41) is 5.93. The van der Waals surface area contributed by atoms with E-state index in [4.69, 9.17) is 0 Å². The van der Waals surface area contributed by atoms with Crippen LogP contribution in [0.5, 0.6) is 0 Å². The molecule has 1 aliphatic carbocycles. The molecular weight excluding hydrogens is 362 g/mol. The topological polar surface area (TPSA) is 61.4 Å². The minimum atomic E-state index is -0.971. The highest BCUT2D eigenvalue weighted by Crippen LogP contribution is 2.47. The molecule has 5 nitrogen and oxygen atoms in total. The number of carbonyl (C=O) groups is 2. The van der Waals surface area contributed by atoms with Crippen molar-refractivity contribution in [3.63, 3.8) is 0 Å². The van der Waals surface area contributed by atoms with E-state index in [-0.39, 0.29) is 11.8 Å². The summed E-state index contributed by atoms with van der Waals surface area (Å²) in [5.41, 5.74) is 2.73. The van der Waals surface area contributed by atoms with Crippen LogP contribution in [0.3, 0.4) is 0 Å². The van der Waals surface area contributed by atoms with Gasteiger partial charge in [-0.1, -0.05) is 32.0 Å². The summed E-state index contributed by atoms with van der Waals surface area (Å²) in [6.07, 6.45) is 1.15. The van der Waals surface area contributed by atoms with Crippen LogP contribution in [-0.2, 0) is 9.59 Å². The fourth-order valence-electron chi connectivity index (χ4n) is 3.63. The number of nitrogens with zero attached hydrogens (tertiary/aromatic N) is 1. The van der Waals surface area contributed by atoms with E-state index in [9.17, 15) is 9.59 Å². The van der Waals surface area contributed by atoms with Crippen molar-refractivity contribution in [3.8, 4) is 0 Å². The van der Waals surface area contributed by atoms with Gasteiger partial charge in [-0.25, -0.2) is 0 Å². The fraction of sp³-hybridized carbons (Fsp3) is 0.417. The number of amides is 2. The molecule has 2 aromatic rings. The molecule has 0 heterocycles. The van der Waals surface area contributed by atoms with Crippen molar-refractivity contribution < 1.29 is 9.59 Å². The zero-order valence-electron chi connectivity index (χ0n) is 17.8. The van der Waals surface area contributed by atoms with Crippen molar-refractivity contribution in [1.29, 1.82) is 0 Å². The molecule has 154 valence electrons. The molecule has 0 aromatic heterocycles. The highest BCUT2D eigenvalue weighted by Gasteiger charge is 2.56. The Hall–Kier alpha value is -2.82. The van der Waals surface area contributed by atoms with Gasteiger partial charge in [-0.3, -0.25) is 9.59 Å². The average molecular weight is 394 g/mol. The molecule has 5 heteroatoms. The van der Waals surface area contributed by atoms with E-state index >= 15 is 0 Å². The van der Waals surface area contributed by atoms with E-state index in [1.54, 1.807) is 0 Å². The molecule has 0 atom stereocenters. The molecule has 0 spiro atoms. The van der Waals surface area contributed by atoms with Gasteiger partial charge in [0.25, 0.3) is 0 Å². The predicted molar refractivity (Wildman–Crippen MR) is 119 cm³/mol. The van der Waals surface area contributed by atoms with E-state index in [2.05, 4.69) is 43.2 Å². The lowest BCUT2D eigenvalue weighted by Crippen LogP contribution is -2.36. The van der Waals surface area contributed by atoms with Gasteiger partial charge in [0.1, 0.15) is 5.41 Å². The minimum Gasteiger partial charge on any atom is -0.372 e. The lowest BCUT2D eigenvalue weighted by Gasteiger charge is -2.21. The normalized spacial score (nSPS) is 14.4. The highest BCUT2D eigenvalue weighted by molar-refractivity contribution is 6.17. The average Bonchev–Trinajstić information content (AvgIpc) is 3.52. The third-order valence-corrected chi connectivity index (χ3v) is 5.70. The summed E-state index contributed by atoms with van der Waals surface area (Å²) in [5.74, 6) is -0.157. The summed E-state index contributed by atoms with van der Waals surface area (Å²) in [7, 11) is 0. The van der Waals surface area contributed by atoms with Gasteiger partial charge in [-0.15, -0.1) is 0 Å². The first-order chi connectivity index (χ1) is 13.9. The Morgan fingerprint density at radius 3 is 2.07 bits per heavy atom. The molecule has 3 rings (SSSR count). The number of para-hydroxylation sites is 1. The van der Waals surface area contributed by atoms with Crippen LogP contribution in [0.25, 0.3) is 0 Å². The molecule has 2 amide bonds. The van der Waals surface area contributed by atoms with Crippen molar-refractivity contribution >= 4 is 28.9 Å². The quantitative estimate of drug-likeness (QED) is 0.620. The van der Waals surface area contributed by atoms with Crippen LogP contribution in [0, 0.1) is 5.41 Å². The van der Waals surface area contributed by atoms with E-state index in [0.717, 1.165) is 30.0 Å². The Bertz CT molecular complexity index is 866. The Labute approximate surface area is 173 Å². The monoisotopic (exact) mass is 393 g/mol. The van der Waals surface area contributed by atoms with Crippen LogP contribution < -0.4 is 15.5 Å². The molecule has 1 aliphatic rings. The van der Waals surface area contributed by atoms with Gasteiger partial charge in [0, 0.05) is 30.2 Å². The molecule has 29 heavy (non-hydrogen) atoms. The third kappa shape index (κ3) is 4.44. The summed E-state index contributed by atoms with van der Waals surface area (Å²) in [4.78, 5) is 28.1. The van der Waals surface area contributed by atoms with Crippen LogP contribution in [0.4, 0.5) is 17.1 Å². The standard InChI is InChI=1S/C24H31N3O2/c1-5-27(6-2)19-13-11-18(12-14-19)25-22(28)24(15-16-24)23(29)26-21-10-8-7-9-20(21)17(3)4/h7-14,17H,5-6,15-16H2,1-4H3,(H,25,28)(H,26,29). The zero-order chi connectivity index (χ0) is 21.0. The van der Waals surface area contributed by atoms with E-state index in [1.807, 2.05) is 48.5 Å². The van der Waals surface area contributed by atoms with Crippen LogP contribution >= 0.6 is 0 Å². The smallest absolute Gasteiger partial charge is 0.240 e. The van der Waals surface area contributed by atoms with Crippen LogP contribution in [0.2, 0.25) is 0 Å². The van der Waals surface area contributed by atoms with Gasteiger partial charge in [-0.05, 0) is 68.5 Å². The molecular formula is C24H31N3O2. The number of benzene rings is 2. The first-order valence-corrected chi connectivity index (χ1v) is 10.5. The van der Waals surface area contributed by atoms with E-state index < -0.39 is 5.41 Å². The predicted octanol–water partition coefficient (Wildman–Crippen LogP) is 5.01.